The molecule has 1 heterocycles. The molecule has 0 unspecified atom stereocenters. The number of hydrogen-bond acceptors (Lipinski definition) is 5. The van der Waals surface area contributed by atoms with Gasteiger partial charge in [-0.15, -0.1) is 10.2 Å². The zero-order valence-electron chi connectivity index (χ0n) is 15.9. The Labute approximate surface area is 167 Å². The third-order valence-electron chi connectivity index (χ3n) is 4.95. The SMILES string of the molecule is C[C@H]1CCCC[C@@H]1NC(=O)NC(=O)CSc1nnc(-c2ccc(F)cc2)n1C. The molecule has 3 rings (SSSR count). The van der Waals surface area contributed by atoms with Gasteiger partial charge in [-0.25, -0.2) is 9.18 Å². The van der Waals surface area contributed by atoms with Crippen molar-refractivity contribution in [2.45, 2.75) is 43.8 Å². The summed E-state index contributed by atoms with van der Waals surface area (Å²) in [5, 5.41) is 14.0. The van der Waals surface area contributed by atoms with E-state index >= 15 is 0 Å². The molecular formula is C19H24FN5O2S. The molecule has 0 aliphatic heterocycles. The van der Waals surface area contributed by atoms with Gasteiger partial charge in [0, 0.05) is 18.7 Å². The standard InChI is InChI=1S/C19H24FN5O2S/c1-12-5-3-4-6-15(12)21-18(27)22-16(26)11-28-19-24-23-17(25(19)2)13-7-9-14(20)10-8-13/h7-10,12,15H,3-6,11H2,1-2H3,(H2,21,22,26,27)/t12-,15-/m0/s1. The van der Waals surface area contributed by atoms with Crippen LogP contribution in [0.3, 0.4) is 0 Å². The third-order valence-corrected chi connectivity index (χ3v) is 5.97. The summed E-state index contributed by atoms with van der Waals surface area (Å²) in [6, 6.07) is 5.63. The molecule has 1 aromatic carbocycles. The lowest BCUT2D eigenvalue weighted by atomic mass is 9.86. The lowest BCUT2D eigenvalue weighted by molar-refractivity contribution is -0.117. The predicted octanol–water partition coefficient (Wildman–Crippen LogP) is 3.12. The number of hydrogen-bond donors (Lipinski definition) is 2. The van der Waals surface area contributed by atoms with Crippen molar-refractivity contribution in [1.29, 1.82) is 0 Å². The number of benzene rings is 1. The van der Waals surface area contributed by atoms with E-state index in [0.29, 0.717) is 16.9 Å². The molecule has 9 heteroatoms. The van der Waals surface area contributed by atoms with E-state index in [0.717, 1.165) is 24.8 Å². The maximum Gasteiger partial charge on any atom is 0.321 e. The second-order valence-electron chi connectivity index (χ2n) is 7.05. The van der Waals surface area contributed by atoms with Crippen molar-refractivity contribution in [2.24, 2.45) is 13.0 Å². The summed E-state index contributed by atoms with van der Waals surface area (Å²) in [7, 11) is 1.77. The Morgan fingerprint density at radius 2 is 1.93 bits per heavy atom. The first-order valence-corrected chi connectivity index (χ1v) is 10.3. The van der Waals surface area contributed by atoms with E-state index in [1.54, 1.807) is 23.7 Å². The molecule has 1 saturated carbocycles. The van der Waals surface area contributed by atoms with Crippen LogP contribution in [0.25, 0.3) is 11.4 Å². The minimum absolute atomic E-state index is 0.0447. The van der Waals surface area contributed by atoms with E-state index in [4.69, 9.17) is 0 Å². The number of aromatic nitrogens is 3. The highest BCUT2D eigenvalue weighted by Crippen LogP contribution is 2.24. The largest absolute Gasteiger partial charge is 0.335 e. The van der Waals surface area contributed by atoms with Crippen LogP contribution in [0.15, 0.2) is 29.4 Å². The van der Waals surface area contributed by atoms with Gasteiger partial charge in [0.05, 0.1) is 5.75 Å². The molecule has 1 fully saturated rings. The molecule has 0 spiro atoms. The van der Waals surface area contributed by atoms with Crippen LogP contribution in [0.1, 0.15) is 32.6 Å². The molecule has 0 radical (unpaired) electrons. The molecule has 150 valence electrons. The minimum atomic E-state index is -0.450. The van der Waals surface area contributed by atoms with Crippen molar-refractivity contribution in [2.75, 3.05) is 5.75 Å². The normalized spacial score (nSPS) is 19.2. The van der Waals surface area contributed by atoms with Gasteiger partial charge in [-0.3, -0.25) is 10.1 Å². The van der Waals surface area contributed by atoms with Gasteiger partial charge in [-0.05, 0) is 43.0 Å². The van der Waals surface area contributed by atoms with Crippen LogP contribution in [0.4, 0.5) is 9.18 Å². The second-order valence-corrected chi connectivity index (χ2v) is 7.99. The van der Waals surface area contributed by atoms with Crippen LogP contribution in [-0.2, 0) is 11.8 Å². The quantitative estimate of drug-likeness (QED) is 0.746. The van der Waals surface area contributed by atoms with Crippen molar-refractivity contribution in [3.05, 3.63) is 30.1 Å². The first-order valence-electron chi connectivity index (χ1n) is 9.32. The van der Waals surface area contributed by atoms with Crippen LogP contribution in [-0.4, -0.2) is 38.5 Å². The summed E-state index contributed by atoms with van der Waals surface area (Å²) in [6.45, 7) is 2.12. The Kier molecular flexibility index (Phi) is 6.66. The topological polar surface area (TPSA) is 88.9 Å². The number of amides is 3. The average Bonchev–Trinajstić information content (AvgIpc) is 3.03. The molecule has 1 aliphatic carbocycles. The maximum absolute atomic E-state index is 13.1. The third kappa shape index (κ3) is 5.09. The van der Waals surface area contributed by atoms with Crippen molar-refractivity contribution in [3.8, 4) is 11.4 Å². The summed E-state index contributed by atoms with van der Waals surface area (Å²) >= 11 is 1.19. The van der Waals surface area contributed by atoms with Gasteiger partial charge in [-0.2, -0.15) is 0 Å². The number of thioether (sulfide) groups is 1. The van der Waals surface area contributed by atoms with Crippen LogP contribution in [0, 0.1) is 11.7 Å². The fraction of sp³-hybridized carbons (Fsp3) is 0.474. The summed E-state index contributed by atoms with van der Waals surface area (Å²) in [6.07, 6.45) is 4.33. The molecule has 7 nitrogen and oxygen atoms in total. The van der Waals surface area contributed by atoms with Crippen molar-refractivity contribution in [3.63, 3.8) is 0 Å². The first kappa shape index (κ1) is 20.3. The number of imide groups is 1. The number of nitrogens with zero attached hydrogens (tertiary/aromatic N) is 3. The number of nitrogens with one attached hydrogen (secondary N) is 2. The molecule has 28 heavy (non-hydrogen) atoms. The van der Waals surface area contributed by atoms with E-state index < -0.39 is 11.9 Å². The van der Waals surface area contributed by atoms with Gasteiger partial charge in [0.1, 0.15) is 5.82 Å². The fourth-order valence-corrected chi connectivity index (χ4v) is 4.03. The van der Waals surface area contributed by atoms with Gasteiger partial charge in [-0.1, -0.05) is 31.5 Å². The maximum atomic E-state index is 13.1. The number of carbonyl (C=O) groups is 2. The molecule has 3 amide bonds. The van der Waals surface area contributed by atoms with Crippen molar-refractivity contribution in [1.82, 2.24) is 25.4 Å². The Morgan fingerprint density at radius 3 is 2.64 bits per heavy atom. The van der Waals surface area contributed by atoms with E-state index in [2.05, 4.69) is 27.8 Å². The Morgan fingerprint density at radius 1 is 1.21 bits per heavy atom. The Bertz CT molecular complexity index is 839. The Balaban J connectivity index is 1.50. The van der Waals surface area contributed by atoms with Gasteiger partial charge < -0.3 is 9.88 Å². The van der Waals surface area contributed by atoms with Crippen LogP contribution in [0.5, 0.6) is 0 Å². The number of carbonyl (C=O) groups excluding carboxylic acids is 2. The smallest absolute Gasteiger partial charge is 0.321 e. The molecule has 2 aromatic rings. The second kappa shape index (κ2) is 9.18. The van der Waals surface area contributed by atoms with Crippen molar-refractivity contribution >= 4 is 23.7 Å². The van der Waals surface area contributed by atoms with E-state index in [1.165, 1.54) is 30.3 Å². The highest BCUT2D eigenvalue weighted by molar-refractivity contribution is 7.99. The molecule has 1 aromatic heterocycles. The summed E-state index contributed by atoms with van der Waals surface area (Å²) < 4.78 is 14.8. The van der Waals surface area contributed by atoms with Gasteiger partial charge >= 0.3 is 6.03 Å². The number of urea groups is 1. The van der Waals surface area contributed by atoms with Crippen LogP contribution >= 0.6 is 11.8 Å². The highest BCUT2D eigenvalue weighted by Gasteiger charge is 2.23. The van der Waals surface area contributed by atoms with Crippen molar-refractivity contribution < 1.29 is 14.0 Å². The molecule has 1 aliphatic rings. The minimum Gasteiger partial charge on any atom is -0.335 e. The predicted molar refractivity (Wildman–Crippen MR) is 105 cm³/mol. The van der Waals surface area contributed by atoms with Crippen LogP contribution < -0.4 is 10.6 Å². The number of rotatable bonds is 5. The van der Waals surface area contributed by atoms with Gasteiger partial charge in [0.25, 0.3) is 0 Å². The summed E-state index contributed by atoms with van der Waals surface area (Å²) in [5.74, 6) is 0.332. The molecule has 0 saturated heterocycles. The van der Waals surface area contributed by atoms with Gasteiger partial charge in [0.2, 0.25) is 5.91 Å². The average molecular weight is 405 g/mol. The lowest BCUT2D eigenvalue weighted by Crippen LogP contribution is -2.48. The van der Waals surface area contributed by atoms with Gasteiger partial charge in [0.15, 0.2) is 11.0 Å². The van der Waals surface area contributed by atoms with E-state index in [-0.39, 0.29) is 17.6 Å². The Hall–Kier alpha value is -2.42. The van der Waals surface area contributed by atoms with E-state index in [1.807, 2.05) is 0 Å². The zero-order chi connectivity index (χ0) is 20.1. The highest BCUT2D eigenvalue weighted by atomic mass is 32.2. The van der Waals surface area contributed by atoms with Crippen LogP contribution in [0.2, 0.25) is 0 Å². The molecular weight excluding hydrogens is 381 g/mol. The zero-order valence-corrected chi connectivity index (χ0v) is 16.8. The molecule has 2 N–H and O–H groups in total. The number of halogens is 1. The first-order chi connectivity index (χ1) is 13.4. The fourth-order valence-electron chi connectivity index (χ4n) is 3.32. The lowest BCUT2D eigenvalue weighted by Gasteiger charge is -2.29. The molecule has 2 atom stereocenters. The summed E-state index contributed by atoms with van der Waals surface area (Å²) in [4.78, 5) is 24.1. The molecule has 0 bridgehead atoms. The summed E-state index contributed by atoms with van der Waals surface area (Å²) in [5.41, 5.74) is 0.730. The monoisotopic (exact) mass is 405 g/mol. The van der Waals surface area contributed by atoms with E-state index in [9.17, 15) is 14.0 Å².